The van der Waals surface area contributed by atoms with Crippen molar-refractivity contribution in [2.75, 3.05) is 32.0 Å². The van der Waals surface area contributed by atoms with E-state index in [1.165, 1.54) is 0 Å². The predicted molar refractivity (Wildman–Crippen MR) is 92.1 cm³/mol. The van der Waals surface area contributed by atoms with Crippen LogP contribution in [0.25, 0.3) is 0 Å². The number of oxazole rings is 1. The van der Waals surface area contributed by atoms with Crippen molar-refractivity contribution in [3.8, 4) is 0 Å². The first-order chi connectivity index (χ1) is 12.0. The van der Waals surface area contributed by atoms with Gasteiger partial charge in [0.2, 0.25) is 17.7 Å². The normalized spacial score (nSPS) is 18.2. The lowest BCUT2D eigenvalue weighted by molar-refractivity contribution is -0.117. The van der Waals surface area contributed by atoms with Crippen LogP contribution >= 0.6 is 0 Å². The van der Waals surface area contributed by atoms with E-state index < -0.39 is 0 Å². The third-order valence-corrected chi connectivity index (χ3v) is 4.46. The molecule has 2 aromatic heterocycles. The molecule has 0 aliphatic carbocycles. The Morgan fingerprint density at radius 2 is 2.36 bits per heavy atom. The van der Waals surface area contributed by atoms with Crippen LogP contribution in [0.4, 0.5) is 5.88 Å². The molecule has 3 heterocycles. The van der Waals surface area contributed by atoms with Crippen molar-refractivity contribution in [2.24, 2.45) is 0 Å². The molecule has 1 aliphatic rings. The van der Waals surface area contributed by atoms with Crippen LogP contribution in [0.5, 0.6) is 0 Å². The van der Waals surface area contributed by atoms with Gasteiger partial charge in [-0.3, -0.25) is 19.9 Å². The predicted octanol–water partition coefficient (Wildman–Crippen LogP) is 1.68. The second-order valence-corrected chi connectivity index (χ2v) is 6.55. The molecule has 8 nitrogen and oxygen atoms in total. The summed E-state index contributed by atoms with van der Waals surface area (Å²) in [7, 11) is 2.07. The summed E-state index contributed by atoms with van der Waals surface area (Å²) in [6, 6.07) is 2.09. The molecule has 3 rings (SSSR count). The molecule has 25 heavy (non-hydrogen) atoms. The molecule has 2 aromatic rings. The Morgan fingerprint density at radius 1 is 1.52 bits per heavy atom. The molecule has 1 unspecified atom stereocenters. The summed E-state index contributed by atoms with van der Waals surface area (Å²) in [5.41, 5.74) is 0.746. The molecule has 136 valence electrons. The van der Waals surface area contributed by atoms with Crippen molar-refractivity contribution >= 4 is 11.8 Å². The molecule has 1 aliphatic heterocycles. The van der Waals surface area contributed by atoms with Crippen LogP contribution in [0.2, 0.25) is 0 Å². The van der Waals surface area contributed by atoms with E-state index in [2.05, 4.69) is 32.3 Å². The number of amides is 1. The number of hydrogen-bond donors (Lipinski definition) is 1. The zero-order valence-corrected chi connectivity index (χ0v) is 15.0. The molecule has 0 aromatic carbocycles. The van der Waals surface area contributed by atoms with Crippen LogP contribution in [-0.2, 0) is 17.8 Å². The molecule has 1 atom stereocenters. The SMILES string of the molecule is CCc1cnc(CN(C)C2CCN(CC(=O)Nc3cc(C)no3)C2)o1. The number of carbonyl (C=O) groups excluding carboxylic acids is 1. The van der Waals surface area contributed by atoms with Gasteiger partial charge < -0.3 is 8.94 Å². The lowest BCUT2D eigenvalue weighted by atomic mass is 10.2. The maximum Gasteiger partial charge on any atom is 0.240 e. The number of likely N-dealkylation sites (tertiary alicyclic amines) is 1. The second kappa shape index (κ2) is 7.79. The summed E-state index contributed by atoms with van der Waals surface area (Å²) in [5.74, 6) is 1.97. The zero-order chi connectivity index (χ0) is 17.8. The van der Waals surface area contributed by atoms with Crippen LogP contribution in [-0.4, -0.2) is 58.6 Å². The van der Waals surface area contributed by atoms with Gasteiger partial charge in [0.05, 0.1) is 25.0 Å². The number of anilines is 1. The van der Waals surface area contributed by atoms with Crippen molar-refractivity contribution in [1.82, 2.24) is 19.9 Å². The first kappa shape index (κ1) is 17.6. The first-order valence-electron chi connectivity index (χ1n) is 8.63. The monoisotopic (exact) mass is 347 g/mol. The van der Waals surface area contributed by atoms with Crippen molar-refractivity contribution in [3.63, 3.8) is 0 Å². The van der Waals surface area contributed by atoms with Crippen molar-refractivity contribution in [2.45, 2.75) is 39.3 Å². The van der Waals surface area contributed by atoms with Gasteiger partial charge >= 0.3 is 0 Å². The van der Waals surface area contributed by atoms with Crippen molar-refractivity contribution in [1.29, 1.82) is 0 Å². The highest BCUT2D eigenvalue weighted by Gasteiger charge is 2.27. The Hall–Kier alpha value is -2.19. The van der Waals surface area contributed by atoms with Gasteiger partial charge in [0.15, 0.2) is 0 Å². The van der Waals surface area contributed by atoms with Gasteiger partial charge in [-0.2, -0.15) is 0 Å². The molecule has 0 spiro atoms. The van der Waals surface area contributed by atoms with E-state index in [1.54, 1.807) is 12.3 Å². The van der Waals surface area contributed by atoms with Crippen LogP contribution < -0.4 is 5.32 Å². The van der Waals surface area contributed by atoms with Crippen molar-refractivity contribution < 1.29 is 13.7 Å². The number of rotatable bonds is 7. The topological polar surface area (TPSA) is 87.6 Å². The lowest BCUT2D eigenvalue weighted by Crippen LogP contribution is -2.36. The number of nitrogens with one attached hydrogen (secondary N) is 1. The van der Waals surface area contributed by atoms with Gasteiger partial charge in [-0.15, -0.1) is 0 Å². The second-order valence-electron chi connectivity index (χ2n) is 6.55. The molecule has 0 saturated carbocycles. The third kappa shape index (κ3) is 4.67. The van der Waals surface area contributed by atoms with E-state index in [0.717, 1.165) is 43.3 Å². The average Bonchev–Trinajstić information content (AvgIpc) is 3.29. The quantitative estimate of drug-likeness (QED) is 0.815. The van der Waals surface area contributed by atoms with E-state index in [-0.39, 0.29) is 5.91 Å². The molecule has 1 fully saturated rings. The minimum absolute atomic E-state index is 0.0836. The van der Waals surface area contributed by atoms with Crippen LogP contribution in [0.3, 0.4) is 0 Å². The van der Waals surface area contributed by atoms with E-state index in [0.29, 0.717) is 25.0 Å². The maximum atomic E-state index is 12.1. The Kier molecular flexibility index (Phi) is 5.50. The maximum absolute atomic E-state index is 12.1. The molecule has 1 amide bonds. The summed E-state index contributed by atoms with van der Waals surface area (Å²) < 4.78 is 10.7. The lowest BCUT2D eigenvalue weighted by Gasteiger charge is -2.23. The van der Waals surface area contributed by atoms with Crippen molar-refractivity contribution in [3.05, 3.63) is 29.6 Å². The number of hydrogen-bond acceptors (Lipinski definition) is 7. The zero-order valence-electron chi connectivity index (χ0n) is 15.0. The van der Waals surface area contributed by atoms with E-state index in [1.807, 2.05) is 13.8 Å². The minimum Gasteiger partial charge on any atom is -0.444 e. The largest absolute Gasteiger partial charge is 0.444 e. The number of nitrogens with zero attached hydrogens (tertiary/aromatic N) is 4. The van der Waals surface area contributed by atoms with Crippen LogP contribution in [0, 0.1) is 6.92 Å². The fourth-order valence-electron chi connectivity index (χ4n) is 3.05. The average molecular weight is 347 g/mol. The van der Waals surface area contributed by atoms with E-state index in [4.69, 9.17) is 8.94 Å². The summed E-state index contributed by atoms with van der Waals surface area (Å²) in [6.45, 7) is 6.64. The van der Waals surface area contributed by atoms with Gasteiger partial charge in [0.1, 0.15) is 5.76 Å². The number of aromatic nitrogens is 2. The van der Waals surface area contributed by atoms with Gasteiger partial charge in [-0.1, -0.05) is 12.1 Å². The molecule has 8 heteroatoms. The summed E-state index contributed by atoms with van der Waals surface area (Å²) in [5, 5.41) is 6.49. The minimum atomic E-state index is -0.0836. The summed E-state index contributed by atoms with van der Waals surface area (Å²) >= 11 is 0. The van der Waals surface area contributed by atoms with E-state index in [9.17, 15) is 4.79 Å². The third-order valence-electron chi connectivity index (χ3n) is 4.46. The fraction of sp³-hybridized carbons (Fsp3) is 0.588. The number of likely N-dealkylation sites (N-methyl/N-ethyl adjacent to an activating group) is 1. The molecular formula is C17H25N5O3. The molecule has 1 N–H and O–H groups in total. The highest BCUT2D eigenvalue weighted by molar-refractivity contribution is 5.90. The van der Waals surface area contributed by atoms with Crippen LogP contribution in [0.15, 0.2) is 21.2 Å². The van der Waals surface area contributed by atoms with Gasteiger partial charge in [-0.25, -0.2) is 4.98 Å². The number of carbonyl (C=O) groups is 1. The highest BCUT2D eigenvalue weighted by atomic mass is 16.5. The van der Waals surface area contributed by atoms with Gasteiger partial charge in [-0.05, 0) is 20.4 Å². The number of aryl methyl sites for hydroxylation is 2. The summed E-state index contributed by atoms with van der Waals surface area (Å²) in [4.78, 5) is 20.8. The Labute approximate surface area is 147 Å². The molecule has 0 bridgehead atoms. The Bertz CT molecular complexity index is 711. The van der Waals surface area contributed by atoms with Gasteiger partial charge in [0.25, 0.3) is 0 Å². The Balaban J connectivity index is 1.45. The fourth-order valence-corrected chi connectivity index (χ4v) is 3.05. The molecular weight excluding hydrogens is 322 g/mol. The Morgan fingerprint density at radius 3 is 3.04 bits per heavy atom. The summed E-state index contributed by atoms with van der Waals surface area (Å²) in [6.07, 6.45) is 3.67. The molecule has 0 radical (unpaired) electrons. The standard InChI is InChI=1S/C17H25N5O3/c1-4-14-8-18-17(24-14)11-21(3)13-5-6-22(9-13)10-15(23)19-16-7-12(2)20-25-16/h7-8,13H,4-6,9-11H2,1-3H3,(H,19,23). The van der Waals surface area contributed by atoms with Gasteiger partial charge in [0, 0.05) is 31.6 Å². The van der Waals surface area contributed by atoms with Crippen LogP contribution in [0.1, 0.15) is 30.7 Å². The smallest absolute Gasteiger partial charge is 0.240 e. The molecule has 1 saturated heterocycles. The highest BCUT2D eigenvalue weighted by Crippen LogP contribution is 2.17. The first-order valence-corrected chi connectivity index (χ1v) is 8.63. The van der Waals surface area contributed by atoms with E-state index >= 15 is 0 Å².